The minimum atomic E-state index is -0.291. The Kier molecular flexibility index (Phi) is 4.32. The summed E-state index contributed by atoms with van der Waals surface area (Å²) in [4.78, 5) is 0. The van der Waals surface area contributed by atoms with E-state index in [0.717, 1.165) is 27.8 Å². The highest BCUT2D eigenvalue weighted by Crippen LogP contribution is 2.41. The Hall–Kier alpha value is -3.26. The first-order valence-electron chi connectivity index (χ1n) is 8.43. The van der Waals surface area contributed by atoms with Crippen molar-refractivity contribution in [2.24, 2.45) is 0 Å². The molecule has 0 nitrogen and oxygen atoms in total. The van der Waals surface area contributed by atoms with Gasteiger partial charge in [0.05, 0.1) is 0 Å². The Bertz CT molecular complexity index is 1020. The third kappa shape index (κ3) is 3.02. The fourth-order valence-electron chi connectivity index (χ4n) is 3.24. The average molecular weight is 342 g/mol. The van der Waals surface area contributed by atoms with Crippen LogP contribution in [0.1, 0.15) is 0 Å². The topological polar surface area (TPSA) is 0 Å². The first kappa shape index (κ1) is 16.2. The third-order valence-corrected chi connectivity index (χ3v) is 4.43. The van der Waals surface area contributed by atoms with Gasteiger partial charge in [0.2, 0.25) is 0 Å². The molecule has 0 fully saturated rings. The van der Waals surface area contributed by atoms with E-state index in [0.29, 0.717) is 5.56 Å². The normalized spacial score (nSPS) is 10.7. The molecule has 2 heteroatoms. The average Bonchev–Trinajstić information content (AvgIpc) is 2.70. The molecule has 4 aromatic carbocycles. The van der Waals surface area contributed by atoms with Gasteiger partial charge in [-0.05, 0) is 40.5 Å². The minimum Gasteiger partial charge on any atom is -0.207 e. The standard InChI is InChI=1S/C24H16F2/c25-20-13-11-17(12-14-20)21-15-16-22(26)24(19-9-5-2-6-10-19)23(21)18-7-3-1-4-8-18/h1-16H. The third-order valence-electron chi connectivity index (χ3n) is 4.43. The molecule has 0 aromatic heterocycles. The van der Waals surface area contributed by atoms with Crippen molar-refractivity contribution in [3.05, 3.63) is 109 Å². The molecule has 0 amide bonds. The van der Waals surface area contributed by atoms with Gasteiger partial charge in [-0.25, -0.2) is 8.78 Å². The van der Waals surface area contributed by atoms with Gasteiger partial charge in [0, 0.05) is 11.1 Å². The second-order valence-corrected chi connectivity index (χ2v) is 6.08. The van der Waals surface area contributed by atoms with Crippen molar-refractivity contribution in [1.82, 2.24) is 0 Å². The Morgan fingerprint density at radius 2 is 0.962 bits per heavy atom. The lowest BCUT2D eigenvalue weighted by Crippen LogP contribution is -1.94. The van der Waals surface area contributed by atoms with E-state index >= 15 is 0 Å². The van der Waals surface area contributed by atoms with Gasteiger partial charge in [-0.2, -0.15) is 0 Å². The lowest BCUT2D eigenvalue weighted by atomic mass is 9.87. The van der Waals surface area contributed by atoms with Crippen molar-refractivity contribution in [2.75, 3.05) is 0 Å². The number of hydrogen-bond acceptors (Lipinski definition) is 0. The van der Waals surface area contributed by atoms with Crippen LogP contribution in [0.15, 0.2) is 97.1 Å². The number of hydrogen-bond donors (Lipinski definition) is 0. The largest absolute Gasteiger partial charge is 0.207 e. The predicted octanol–water partition coefficient (Wildman–Crippen LogP) is 6.97. The molecule has 0 bridgehead atoms. The molecule has 126 valence electrons. The summed E-state index contributed by atoms with van der Waals surface area (Å²) in [6.07, 6.45) is 0. The summed E-state index contributed by atoms with van der Waals surface area (Å²) < 4.78 is 28.3. The lowest BCUT2D eigenvalue weighted by Gasteiger charge is -2.17. The molecule has 26 heavy (non-hydrogen) atoms. The molecule has 0 saturated carbocycles. The molecule has 0 aliphatic carbocycles. The molecular formula is C24H16F2. The van der Waals surface area contributed by atoms with E-state index in [4.69, 9.17) is 0 Å². The van der Waals surface area contributed by atoms with Crippen molar-refractivity contribution in [3.63, 3.8) is 0 Å². The molecule has 0 N–H and O–H groups in total. The quantitative estimate of drug-likeness (QED) is 0.377. The van der Waals surface area contributed by atoms with Crippen LogP contribution >= 0.6 is 0 Å². The first-order chi connectivity index (χ1) is 12.7. The molecular weight excluding hydrogens is 326 g/mol. The molecule has 0 spiro atoms. The van der Waals surface area contributed by atoms with Crippen molar-refractivity contribution in [3.8, 4) is 33.4 Å². The van der Waals surface area contributed by atoms with E-state index in [1.807, 2.05) is 60.7 Å². The minimum absolute atomic E-state index is 0.277. The van der Waals surface area contributed by atoms with Crippen LogP contribution < -0.4 is 0 Å². The second kappa shape index (κ2) is 6.93. The fourth-order valence-corrected chi connectivity index (χ4v) is 3.24. The van der Waals surface area contributed by atoms with Gasteiger partial charge < -0.3 is 0 Å². The SMILES string of the molecule is Fc1ccc(-c2ccc(F)c(-c3ccccc3)c2-c2ccccc2)cc1. The molecule has 4 rings (SSSR count). The van der Waals surface area contributed by atoms with E-state index in [9.17, 15) is 8.78 Å². The molecule has 4 aromatic rings. The number of rotatable bonds is 3. The van der Waals surface area contributed by atoms with Crippen LogP contribution in [0.2, 0.25) is 0 Å². The van der Waals surface area contributed by atoms with E-state index in [-0.39, 0.29) is 11.6 Å². The zero-order valence-electron chi connectivity index (χ0n) is 14.0. The highest BCUT2D eigenvalue weighted by Gasteiger charge is 2.18. The molecule has 0 heterocycles. The molecule has 0 radical (unpaired) electrons. The Labute approximate surface area is 151 Å². The van der Waals surface area contributed by atoms with Crippen molar-refractivity contribution in [1.29, 1.82) is 0 Å². The summed E-state index contributed by atoms with van der Waals surface area (Å²) in [5.74, 6) is -0.568. The van der Waals surface area contributed by atoms with Crippen LogP contribution in [-0.2, 0) is 0 Å². The smallest absolute Gasteiger partial charge is 0.131 e. The van der Waals surface area contributed by atoms with Crippen LogP contribution in [0, 0.1) is 11.6 Å². The van der Waals surface area contributed by atoms with Gasteiger partial charge >= 0.3 is 0 Å². The summed E-state index contributed by atoms with van der Waals surface area (Å²) in [5.41, 5.74) is 4.82. The Balaban J connectivity index is 2.06. The Morgan fingerprint density at radius 3 is 1.54 bits per heavy atom. The van der Waals surface area contributed by atoms with Crippen LogP contribution in [0.4, 0.5) is 8.78 Å². The lowest BCUT2D eigenvalue weighted by molar-refractivity contribution is 0.628. The monoisotopic (exact) mass is 342 g/mol. The van der Waals surface area contributed by atoms with Gasteiger partial charge in [0.15, 0.2) is 0 Å². The van der Waals surface area contributed by atoms with Gasteiger partial charge in [0.25, 0.3) is 0 Å². The van der Waals surface area contributed by atoms with E-state index in [1.165, 1.54) is 18.2 Å². The summed E-state index contributed by atoms with van der Waals surface area (Å²) in [5, 5.41) is 0. The summed E-state index contributed by atoms with van der Waals surface area (Å²) in [6, 6.07) is 28.8. The van der Waals surface area contributed by atoms with Crippen molar-refractivity contribution < 1.29 is 8.78 Å². The van der Waals surface area contributed by atoms with E-state index in [1.54, 1.807) is 18.2 Å². The second-order valence-electron chi connectivity index (χ2n) is 6.08. The van der Waals surface area contributed by atoms with Gasteiger partial charge in [0.1, 0.15) is 11.6 Å². The van der Waals surface area contributed by atoms with Crippen LogP contribution in [0.3, 0.4) is 0 Å². The first-order valence-corrected chi connectivity index (χ1v) is 8.43. The highest BCUT2D eigenvalue weighted by molar-refractivity contribution is 5.94. The van der Waals surface area contributed by atoms with Crippen molar-refractivity contribution >= 4 is 0 Å². The van der Waals surface area contributed by atoms with E-state index < -0.39 is 0 Å². The van der Waals surface area contributed by atoms with Crippen molar-refractivity contribution in [2.45, 2.75) is 0 Å². The fraction of sp³-hybridized carbons (Fsp3) is 0. The highest BCUT2D eigenvalue weighted by atomic mass is 19.1. The molecule has 0 unspecified atom stereocenters. The molecule has 0 aliphatic heterocycles. The van der Waals surface area contributed by atoms with E-state index in [2.05, 4.69) is 0 Å². The molecule has 0 atom stereocenters. The van der Waals surface area contributed by atoms with Crippen LogP contribution in [0.5, 0.6) is 0 Å². The maximum atomic E-state index is 14.9. The summed E-state index contributed by atoms with van der Waals surface area (Å²) in [6.45, 7) is 0. The predicted molar refractivity (Wildman–Crippen MR) is 103 cm³/mol. The zero-order valence-corrected chi connectivity index (χ0v) is 14.0. The summed E-state index contributed by atoms with van der Waals surface area (Å²) >= 11 is 0. The maximum absolute atomic E-state index is 14.9. The number of benzene rings is 4. The van der Waals surface area contributed by atoms with Gasteiger partial charge in [-0.15, -0.1) is 0 Å². The molecule has 0 aliphatic rings. The zero-order chi connectivity index (χ0) is 17.9. The van der Waals surface area contributed by atoms with Crippen LogP contribution in [0.25, 0.3) is 33.4 Å². The number of halogens is 2. The Morgan fingerprint density at radius 1 is 0.423 bits per heavy atom. The molecule has 0 saturated heterocycles. The summed E-state index contributed by atoms with van der Waals surface area (Å²) in [7, 11) is 0. The van der Waals surface area contributed by atoms with Gasteiger partial charge in [-0.3, -0.25) is 0 Å². The van der Waals surface area contributed by atoms with Gasteiger partial charge in [-0.1, -0.05) is 78.9 Å². The maximum Gasteiger partial charge on any atom is 0.131 e. The van der Waals surface area contributed by atoms with Crippen LogP contribution in [-0.4, -0.2) is 0 Å².